The predicted molar refractivity (Wildman–Crippen MR) is 101 cm³/mol. The van der Waals surface area contributed by atoms with Crippen molar-refractivity contribution in [3.8, 4) is 0 Å². The molecule has 2 aromatic carbocycles. The van der Waals surface area contributed by atoms with Crippen LogP contribution in [-0.2, 0) is 10.0 Å². The summed E-state index contributed by atoms with van der Waals surface area (Å²) in [6.07, 6.45) is 0. The predicted octanol–water partition coefficient (Wildman–Crippen LogP) is 4.07. The molecule has 0 saturated carbocycles. The number of hydrogen-bond acceptors (Lipinski definition) is 3. The van der Waals surface area contributed by atoms with E-state index in [1.165, 1.54) is 6.07 Å². The van der Waals surface area contributed by atoms with Gasteiger partial charge in [-0.3, -0.25) is 4.79 Å². The molecule has 5 nitrogen and oxygen atoms in total. The van der Waals surface area contributed by atoms with Gasteiger partial charge in [0.2, 0.25) is 10.0 Å². The minimum Gasteiger partial charge on any atom is -0.322 e. The Morgan fingerprint density at radius 1 is 1.19 bits per heavy atom. The second-order valence-corrected chi connectivity index (χ2v) is 7.91. The molecular formula is C18H20ClFN2O3S. The Balaban J connectivity index is 2.40. The van der Waals surface area contributed by atoms with Gasteiger partial charge in [0.1, 0.15) is 10.7 Å². The summed E-state index contributed by atoms with van der Waals surface area (Å²) >= 11 is 6.03. The maximum absolute atomic E-state index is 14.2. The van der Waals surface area contributed by atoms with E-state index in [-0.39, 0.29) is 18.7 Å². The van der Waals surface area contributed by atoms with Crippen LogP contribution in [0.3, 0.4) is 0 Å². The highest BCUT2D eigenvalue weighted by Crippen LogP contribution is 2.25. The lowest BCUT2D eigenvalue weighted by Gasteiger charge is -2.19. The lowest BCUT2D eigenvalue weighted by atomic mass is 10.1. The molecule has 0 bridgehead atoms. The third kappa shape index (κ3) is 4.06. The van der Waals surface area contributed by atoms with Crippen molar-refractivity contribution in [3.05, 3.63) is 58.4 Å². The van der Waals surface area contributed by atoms with Crippen molar-refractivity contribution in [2.45, 2.75) is 25.7 Å². The summed E-state index contributed by atoms with van der Waals surface area (Å²) in [4.78, 5) is 12.0. The molecule has 0 aliphatic carbocycles. The molecular weight excluding hydrogens is 379 g/mol. The number of halogens is 2. The standard InChI is InChI=1S/C18H20ClFN2O3S/c1-4-22(5-2)26(24,25)17-11-13(9-10-15(17)20)18(23)21-16-8-6-7-14(19)12(16)3/h6-11H,4-5H2,1-3H3,(H,21,23). The second-order valence-electron chi connectivity index (χ2n) is 5.60. The van der Waals surface area contributed by atoms with E-state index in [1.54, 1.807) is 39.0 Å². The molecule has 0 aromatic heterocycles. The largest absolute Gasteiger partial charge is 0.322 e. The van der Waals surface area contributed by atoms with Gasteiger partial charge in [-0.1, -0.05) is 31.5 Å². The van der Waals surface area contributed by atoms with E-state index < -0.39 is 26.6 Å². The summed E-state index contributed by atoms with van der Waals surface area (Å²) in [6, 6.07) is 8.33. The number of rotatable bonds is 6. The molecule has 0 aliphatic rings. The maximum Gasteiger partial charge on any atom is 0.255 e. The molecule has 1 N–H and O–H groups in total. The summed E-state index contributed by atoms with van der Waals surface area (Å²) in [6.45, 7) is 5.49. The molecule has 8 heteroatoms. The number of hydrogen-bond donors (Lipinski definition) is 1. The van der Waals surface area contributed by atoms with Gasteiger partial charge in [-0.25, -0.2) is 12.8 Å². The Kier molecular flexibility index (Phi) is 6.39. The zero-order valence-electron chi connectivity index (χ0n) is 14.7. The normalized spacial score (nSPS) is 11.6. The molecule has 2 aromatic rings. The van der Waals surface area contributed by atoms with Gasteiger partial charge in [0.05, 0.1) is 0 Å². The number of nitrogens with one attached hydrogen (secondary N) is 1. The summed E-state index contributed by atoms with van der Waals surface area (Å²) in [5.41, 5.74) is 1.22. The average Bonchev–Trinajstić information content (AvgIpc) is 2.60. The van der Waals surface area contributed by atoms with E-state index in [0.717, 1.165) is 16.4 Å². The number of benzene rings is 2. The second kappa shape index (κ2) is 8.16. The maximum atomic E-state index is 14.2. The number of sulfonamides is 1. The van der Waals surface area contributed by atoms with E-state index in [0.29, 0.717) is 16.3 Å². The Morgan fingerprint density at radius 3 is 2.46 bits per heavy atom. The van der Waals surface area contributed by atoms with Crippen molar-refractivity contribution in [2.75, 3.05) is 18.4 Å². The van der Waals surface area contributed by atoms with E-state index in [4.69, 9.17) is 11.6 Å². The van der Waals surface area contributed by atoms with E-state index >= 15 is 0 Å². The highest BCUT2D eigenvalue weighted by atomic mass is 35.5. The van der Waals surface area contributed by atoms with Crippen LogP contribution in [0.1, 0.15) is 29.8 Å². The van der Waals surface area contributed by atoms with Gasteiger partial charge in [0, 0.05) is 29.4 Å². The van der Waals surface area contributed by atoms with Crippen LogP contribution in [0.2, 0.25) is 5.02 Å². The highest BCUT2D eigenvalue weighted by Gasteiger charge is 2.26. The molecule has 0 atom stereocenters. The van der Waals surface area contributed by atoms with Crippen molar-refractivity contribution in [1.82, 2.24) is 4.31 Å². The summed E-state index contributed by atoms with van der Waals surface area (Å²) in [5, 5.41) is 3.16. The van der Waals surface area contributed by atoms with Gasteiger partial charge in [-0.15, -0.1) is 0 Å². The first kappa shape index (κ1) is 20.4. The zero-order valence-corrected chi connectivity index (χ0v) is 16.3. The molecule has 0 spiro atoms. The third-order valence-electron chi connectivity index (χ3n) is 4.03. The van der Waals surface area contributed by atoms with Crippen molar-refractivity contribution in [1.29, 1.82) is 0 Å². The lowest BCUT2D eigenvalue weighted by Crippen LogP contribution is -2.31. The highest BCUT2D eigenvalue weighted by molar-refractivity contribution is 7.89. The van der Waals surface area contributed by atoms with Gasteiger partial charge in [0.25, 0.3) is 5.91 Å². The first-order chi connectivity index (χ1) is 12.2. The monoisotopic (exact) mass is 398 g/mol. The molecule has 140 valence electrons. The minimum absolute atomic E-state index is 0.0384. The number of amides is 1. The van der Waals surface area contributed by atoms with Crippen LogP contribution in [0.4, 0.5) is 10.1 Å². The third-order valence-corrected chi connectivity index (χ3v) is 6.51. The Morgan fingerprint density at radius 2 is 1.85 bits per heavy atom. The van der Waals surface area contributed by atoms with Crippen LogP contribution in [0.5, 0.6) is 0 Å². The number of carbonyl (C=O) groups excluding carboxylic acids is 1. The van der Waals surface area contributed by atoms with Crippen molar-refractivity contribution in [3.63, 3.8) is 0 Å². The summed E-state index contributed by atoms with van der Waals surface area (Å²) < 4.78 is 40.5. The summed E-state index contributed by atoms with van der Waals surface area (Å²) in [7, 11) is -4.02. The molecule has 0 heterocycles. The molecule has 0 unspecified atom stereocenters. The molecule has 0 aliphatic heterocycles. The minimum atomic E-state index is -4.02. The molecule has 0 saturated heterocycles. The lowest BCUT2D eigenvalue weighted by molar-refractivity contribution is 0.102. The SMILES string of the molecule is CCN(CC)S(=O)(=O)c1cc(C(=O)Nc2cccc(Cl)c2C)ccc1F. The topological polar surface area (TPSA) is 66.5 Å². The average molecular weight is 399 g/mol. The summed E-state index contributed by atoms with van der Waals surface area (Å²) in [5.74, 6) is -1.45. The first-order valence-corrected chi connectivity index (χ1v) is 9.90. The number of nitrogens with zero attached hydrogens (tertiary/aromatic N) is 1. The fraction of sp³-hybridized carbons (Fsp3) is 0.278. The van der Waals surface area contributed by atoms with Crippen LogP contribution in [0.25, 0.3) is 0 Å². The van der Waals surface area contributed by atoms with Crippen LogP contribution in [0, 0.1) is 12.7 Å². The van der Waals surface area contributed by atoms with Crippen LogP contribution < -0.4 is 5.32 Å². The molecule has 0 radical (unpaired) electrons. The Labute approximate surface area is 157 Å². The molecule has 26 heavy (non-hydrogen) atoms. The quantitative estimate of drug-likeness (QED) is 0.797. The Hall–Kier alpha value is -1.96. The zero-order chi connectivity index (χ0) is 19.5. The van der Waals surface area contributed by atoms with Gasteiger partial charge < -0.3 is 5.32 Å². The van der Waals surface area contributed by atoms with E-state index in [1.807, 2.05) is 0 Å². The van der Waals surface area contributed by atoms with E-state index in [9.17, 15) is 17.6 Å². The fourth-order valence-electron chi connectivity index (χ4n) is 2.48. The van der Waals surface area contributed by atoms with Crippen LogP contribution in [-0.4, -0.2) is 31.7 Å². The molecule has 1 amide bonds. The fourth-order valence-corrected chi connectivity index (χ4v) is 4.21. The van der Waals surface area contributed by atoms with Crippen molar-refractivity contribution < 1.29 is 17.6 Å². The molecule has 0 fully saturated rings. The van der Waals surface area contributed by atoms with Gasteiger partial charge in [-0.2, -0.15) is 4.31 Å². The number of anilines is 1. The van der Waals surface area contributed by atoms with Crippen LogP contribution >= 0.6 is 11.6 Å². The van der Waals surface area contributed by atoms with Crippen molar-refractivity contribution >= 4 is 33.2 Å². The van der Waals surface area contributed by atoms with Crippen LogP contribution in [0.15, 0.2) is 41.3 Å². The van der Waals surface area contributed by atoms with E-state index in [2.05, 4.69) is 5.32 Å². The molecule has 2 rings (SSSR count). The van der Waals surface area contributed by atoms with Gasteiger partial charge in [0.15, 0.2) is 0 Å². The Bertz CT molecular complexity index is 928. The van der Waals surface area contributed by atoms with Crippen molar-refractivity contribution in [2.24, 2.45) is 0 Å². The van der Waals surface area contributed by atoms with Gasteiger partial charge >= 0.3 is 0 Å². The smallest absolute Gasteiger partial charge is 0.255 e. The number of carbonyl (C=O) groups is 1. The first-order valence-electron chi connectivity index (χ1n) is 8.08. The van der Waals surface area contributed by atoms with Gasteiger partial charge in [-0.05, 0) is 42.8 Å².